The molecule has 1 saturated heterocycles. The van der Waals surface area contributed by atoms with Gasteiger partial charge in [0.25, 0.3) is 0 Å². The van der Waals surface area contributed by atoms with Crippen LogP contribution in [0, 0.1) is 11.8 Å². The maximum atomic E-state index is 12.9. The fourth-order valence-electron chi connectivity index (χ4n) is 5.52. The van der Waals surface area contributed by atoms with Crippen molar-refractivity contribution in [2.75, 3.05) is 53.2 Å². The van der Waals surface area contributed by atoms with Crippen molar-refractivity contribution >= 4 is 17.9 Å². The molecule has 3 aliphatic heterocycles. The van der Waals surface area contributed by atoms with Gasteiger partial charge in [0.05, 0.1) is 43.8 Å². The van der Waals surface area contributed by atoms with Gasteiger partial charge in [-0.1, -0.05) is 18.2 Å². The van der Waals surface area contributed by atoms with Gasteiger partial charge in [-0.05, 0) is 13.3 Å². The number of carbonyl (C=O) groups excluding carboxylic acids is 1. The summed E-state index contributed by atoms with van der Waals surface area (Å²) in [6.45, 7) is 5.40. The second-order valence-corrected chi connectivity index (χ2v) is 11.1. The highest BCUT2D eigenvalue weighted by atomic mass is 16.8. The Morgan fingerprint density at radius 2 is 1.96 bits per heavy atom. The molecule has 0 spiro atoms. The van der Waals surface area contributed by atoms with Crippen molar-refractivity contribution < 1.29 is 68.8 Å². The van der Waals surface area contributed by atoms with Crippen LogP contribution in [0.15, 0.2) is 64.7 Å². The van der Waals surface area contributed by atoms with Gasteiger partial charge in [-0.25, -0.2) is 9.59 Å². The number of hydrogen-bond acceptors (Lipinski definition) is 13. The van der Waals surface area contributed by atoms with Gasteiger partial charge in [0.2, 0.25) is 6.29 Å². The smallest absolute Gasteiger partial charge is 0.343 e. The highest BCUT2D eigenvalue weighted by Crippen LogP contribution is 2.37. The van der Waals surface area contributed by atoms with Crippen molar-refractivity contribution in [2.45, 2.75) is 50.3 Å². The lowest BCUT2D eigenvalue weighted by Gasteiger charge is -2.44. The van der Waals surface area contributed by atoms with Crippen LogP contribution in [0.5, 0.6) is 0 Å². The highest BCUT2D eigenvalue weighted by molar-refractivity contribution is 5.94. The van der Waals surface area contributed by atoms with Crippen LogP contribution in [0.1, 0.15) is 13.3 Å². The lowest BCUT2D eigenvalue weighted by molar-refractivity contribution is -0.843. The Morgan fingerprint density at radius 1 is 1.21 bits per heavy atom. The predicted molar refractivity (Wildman–Crippen MR) is 167 cm³/mol. The Morgan fingerprint density at radius 3 is 2.56 bits per heavy atom. The van der Waals surface area contributed by atoms with Crippen LogP contribution in [-0.2, 0) is 33.3 Å². The molecule has 0 saturated carbocycles. The predicted octanol–water partition coefficient (Wildman–Crippen LogP) is -3.36. The van der Waals surface area contributed by atoms with Crippen molar-refractivity contribution in [3.63, 3.8) is 0 Å². The second-order valence-electron chi connectivity index (χ2n) is 11.1. The number of guanidine groups is 1. The van der Waals surface area contributed by atoms with Crippen molar-refractivity contribution in [3.8, 4) is 0 Å². The third kappa shape index (κ3) is 9.49. The maximum Gasteiger partial charge on any atom is 0.343 e. The molecule has 268 valence electrons. The SMILES string of the molecule is C=C[C@H]1[C@H](O[C@@H]2O[C@H](CO)[C@@H](O)[C@H](O)[C@H]2OCC)OC=C(C(=O)OC)[C@H]1/C=C/C1=C(NC(N)=NCCCO)C(C(=O)O)=C[NH+](CCO)C1. The molecule has 0 aromatic carbocycles. The number of aliphatic hydroxyl groups is 5. The minimum absolute atomic E-state index is 0.0782. The summed E-state index contributed by atoms with van der Waals surface area (Å²) >= 11 is 0. The summed E-state index contributed by atoms with van der Waals surface area (Å²) in [5, 5.41) is 62.4. The number of rotatable bonds is 16. The monoisotopic (exact) mass is 683 g/mol. The van der Waals surface area contributed by atoms with Gasteiger partial charge in [-0.3, -0.25) is 4.99 Å². The van der Waals surface area contributed by atoms with Crippen LogP contribution >= 0.6 is 0 Å². The largest absolute Gasteiger partial charge is 0.477 e. The van der Waals surface area contributed by atoms with Gasteiger partial charge in [0.15, 0.2) is 12.2 Å². The van der Waals surface area contributed by atoms with E-state index in [1.165, 1.54) is 19.4 Å². The summed E-state index contributed by atoms with van der Waals surface area (Å²) in [7, 11) is 1.20. The molecule has 3 rings (SSSR count). The summed E-state index contributed by atoms with van der Waals surface area (Å²) in [6.07, 6.45) is -0.0767. The molecule has 0 aromatic heterocycles. The van der Waals surface area contributed by atoms with E-state index in [2.05, 4.69) is 16.9 Å². The van der Waals surface area contributed by atoms with E-state index in [-0.39, 0.29) is 62.3 Å². The number of hydrogen-bond donors (Lipinski definition) is 9. The number of nitrogens with two attached hydrogens (primary N) is 1. The summed E-state index contributed by atoms with van der Waals surface area (Å²) in [5.41, 5.74) is 6.59. The minimum Gasteiger partial charge on any atom is -0.477 e. The number of ether oxygens (including phenoxy) is 5. The van der Waals surface area contributed by atoms with Crippen molar-refractivity contribution in [2.24, 2.45) is 22.6 Å². The van der Waals surface area contributed by atoms with Gasteiger partial charge in [0, 0.05) is 31.2 Å². The van der Waals surface area contributed by atoms with Gasteiger partial charge in [0.1, 0.15) is 49.3 Å². The molecule has 0 radical (unpaired) electrons. The number of aliphatic carboxylic acids is 1. The molecule has 1 unspecified atom stereocenters. The topological polar surface area (TPSA) is 257 Å². The molecule has 3 heterocycles. The number of carbonyl (C=O) groups is 2. The standard InChI is InChI=1S/C31H46N4O13/c1-4-18-19(8-7-17-13-35(10-12-37)14-20(27(41)42)23(17)34-31(32)33-9-6-11-36)21(28(43)44-3)16-46-29(18)48-30-26(45-5-2)25(40)24(39)22(15-38)47-30/h4,7-8,14,16,18-19,22,24-26,29-30,36-40H,1,5-6,9-13,15H2,2-3H3,(H,41,42)(H3,32,33,34)/p+1/b8-7+/t18-,19+,22-,24-,25+,26-,29+,30+/m1/s1. The molecule has 0 aromatic rings. The number of nitrogens with zero attached hydrogens (tertiary/aromatic N) is 1. The lowest BCUT2D eigenvalue weighted by atomic mass is 9.83. The zero-order valence-corrected chi connectivity index (χ0v) is 26.9. The number of quaternary nitrogens is 1. The number of nitrogens with one attached hydrogen (secondary N) is 2. The number of methoxy groups -OCH3 is 1. The summed E-state index contributed by atoms with van der Waals surface area (Å²) < 4.78 is 28.2. The van der Waals surface area contributed by atoms with Crippen molar-refractivity contribution in [1.82, 2.24) is 5.32 Å². The molecule has 9 atom stereocenters. The van der Waals surface area contributed by atoms with Crippen molar-refractivity contribution in [3.05, 3.63) is 59.7 Å². The molecule has 1 fully saturated rings. The first-order chi connectivity index (χ1) is 23.0. The normalized spacial score (nSPS) is 31.1. The molecule has 10 N–H and O–H groups in total. The van der Waals surface area contributed by atoms with Crippen LogP contribution in [0.3, 0.4) is 0 Å². The van der Waals surface area contributed by atoms with Crippen LogP contribution in [0.4, 0.5) is 0 Å². The lowest BCUT2D eigenvalue weighted by Crippen LogP contribution is -3.09. The number of aliphatic hydroxyl groups excluding tert-OH is 5. The average molecular weight is 684 g/mol. The van der Waals surface area contributed by atoms with E-state index >= 15 is 0 Å². The maximum absolute atomic E-state index is 12.9. The Balaban J connectivity index is 2.04. The van der Waals surface area contributed by atoms with Gasteiger partial charge >= 0.3 is 11.9 Å². The van der Waals surface area contributed by atoms with Crippen molar-refractivity contribution in [1.29, 1.82) is 0 Å². The average Bonchev–Trinajstić information content (AvgIpc) is 3.07. The van der Waals surface area contributed by atoms with E-state index in [1.54, 1.807) is 19.1 Å². The fraction of sp³-hybridized carbons (Fsp3) is 0.581. The molecule has 48 heavy (non-hydrogen) atoms. The fourth-order valence-corrected chi connectivity index (χ4v) is 5.52. The molecule has 0 aliphatic carbocycles. The molecular weight excluding hydrogens is 636 g/mol. The first-order valence-electron chi connectivity index (χ1n) is 15.5. The zero-order chi connectivity index (χ0) is 35.4. The Hall–Kier alpha value is -3.65. The Kier molecular flexibility index (Phi) is 15.2. The number of allylic oxidation sites excluding steroid dienone is 1. The third-order valence-electron chi connectivity index (χ3n) is 7.94. The van der Waals surface area contributed by atoms with E-state index in [1.807, 2.05) is 0 Å². The third-order valence-corrected chi connectivity index (χ3v) is 7.94. The van der Waals surface area contributed by atoms with Gasteiger partial charge in [-0.2, -0.15) is 0 Å². The molecule has 0 bridgehead atoms. The molecule has 17 heteroatoms. The molecular formula is C31H47N4O13+. The van der Waals surface area contributed by atoms with Crippen LogP contribution in [-0.4, -0.2) is 139 Å². The summed E-state index contributed by atoms with van der Waals surface area (Å²) in [4.78, 5) is 30.0. The first kappa shape index (κ1) is 38.8. The first-order valence-corrected chi connectivity index (χ1v) is 15.5. The molecule has 17 nitrogen and oxygen atoms in total. The van der Waals surface area contributed by atoms with Crippen LogP contribution in [0.25, 0.3) is 0 Å². The molecule has 0 amide bonds. The number of carboxylic acid groups (broad SMARTS) is 1. The van der Waals surface area contributed by atoms with Gasteiger partial charge in [-0.15, -0.1) is 6.58 Å². The number of esters is 1. The van der Waals surface area contributed by atoms with E-state index in [9.17, 15) is 35.1 Å². The van der Waals surface area contributed by atoms with E-state index in [0.29, 0.717) is 16.9 Å². The quantitative estimate of drug-likeness (QED) is 0.0253. The zero-order valence-electron chi connectivity index (χ0n) is 26.9. The highest BCUT2D eigenvalue weighted by Gasteiger charge is 2.48. The summed E-state index contributed by atoms with van der Waals surface area (Å²) in [6, 6.07) is 0. The number of carboxylic acids is 1. The Bertz CT molecular complexity index is 1280. The number of aliphatic imine (C=N–C) groups is 1. The second kappa shape index (κ2) is 18.8. The van der Waals surface area contributed by atoms with E-state index in [4.69, 9.17) is 34.5 Å². The minimum atomic E-state index is -1.46. The van der Waals surface area contributed by atoms with Crippen LogP contribution in [0.2, 0.25) is 0 Å². The Labute approximate surface area is 277 Å². The van der Waals surface area contributed by atoms with Gasteiger partial charge < -0.3 is 70.3 Å². The summed E-state index contributed by atoms with van der Waals surface area (Å²) in [5.74, 6) is -3.68. The van der Waals surface area contributed by atoms with Crippen LogP contribution < -0.4 is 16.0 Å². The van der Waals surface area contributed by atoms with E-state index in [0.717, 1.165) is 6.26 Å². The van der Waals surface area contributed by atoms with E-state index < -0.39 is 67.4 Å². The molecule has 3 aliphatic rings.